The van der Waals surface area contributed by atoms with Crippen LogP contribution in [0.15, 0.2) is 35.1 Å². The first-order valence-corrected chi connectivity index (χ1v) is 9.38. The number of amides is 1. The number of benzene rings is 1. The molecule has 0 saturated heterocycles. The lowest BCUT2D eigenvalue weighted by Crippen LogP contribution is -2.32. The molecule has 0 aliphatic rings. The zero-order valence-corrected chi connectivity index (χ0v) is 16.4. The minimum absolute atomic E-state index is 0.00358. The normalized spacial score (nSPS) is 11.1. The number of aromatic nitrogens is 4. The molecule has 0 fully saturated rings. The zero-order chi connectivity index (χ0) is 20.1. The highest BCUT2D eigenvalue weighted by Crippen LogP contribution is 2.16. The molecule has 0 aliphatic carbocycles. The van der Waals surface area contributed by atoms with Gasteiger partial charge in [0.15, 0.2) is 5.82 Å². The smallest absolute Gasteiger partial charge is 0.279 e. The van der Waals surface area contributed by atoms with E-state index in [1.165, 1.54) is 4.52 Å². The number of fused-ring (bicyclic) bond motifs is 1. The van der Waals surface area contributed by atoms with Gasteiger partial charge in [-0.1, -0.05) is 30.3 Å². The van der Waals surface area contributed by atoms with Crippen molar-refractivity contribution in [2.45, 2.75) is 26.7 Å². The summed E-state index contributed by atoms with van der Waals surface area (Å²) >= 11 is 0. The second kappa shape index (κ2) is 8.79. The molecule has 2 aromatic heterocycles. The molecule has 8 nitrogen and oxygen atoms in total. The molecular weight excluding hydrogens is 358 g/mol. The van der Waals surface area contributed by atoms with Gasteiger partial charge >= 0.3 is 0 Å². The van der Waals surface area contributed by atoms with Gasteiger partial charge in [-0.3, -0.25) is 9.59 Å². The van der Waals surface area contributed by atoms with Gasteiger partial charge in [0.1, 0.15) is 0 Å². The number of ether oxygens (including phenoxy) is 1. The van der Waals surface area contributed by atoms with Gasteiger partial charge < -0.3 is 14.6 Å². The quantitative estimate of drug-likeness (QED) is 0.595. The van der Waals surface area contributed by atoms with Gasteiger partial charge in [-0.2, -0.15) is 9.50 Å². The van der Waals surface area contributed by atoms with Crippen molar-refractivity contribution in [1.29, 1.82) is 0 Å². The Morgan fingerprint density at radius 3 is 2.71 bits per heavy atom. The van der Waals surface area contributed by atoms with Crippen LogP contribution in [0.5, 0.6) is 0 Å². The Morgan fingerprint density at radius 1 is 1.25 bits per heavy atom. The monoisotopic (exact) mass is 383 g/mol. The fourth-order valence-corrected chi connectivity index (χ4v) is 2.97. The lowest BCUT2D eigenvalue weighted by atomic mass is 10.1. The molecule has 148 valence electrons. The topological polar surface area (TPSA) is 90.5 Å². The summed E-state index contributed by atoms with van der Waals surface area (Å²) in [6.45, 7) is 5.52. The predicted molar refractivity (Wildman–Crippen MR) is 106 cm³/mol. The standard InChI is InChI=1S/C20H25N5O3/c1-4-28-12-8-11-21-17(26)13-16-14(2)24(3)20-22-18(23-25(20)19(16)27)15-9-6-5-7-10-15/h5-7,9-10H,4,8,11-13H2,1-3H3,(H,21,26). The zero-order valence-electron chi connectivity index (χ0n) is 16.4. The summed E-state index contributed by atoms with van der Waals surface area (Å²) in [6.07, 6.45) is 0.739. The third-order valence-electron chi connectivity index (χ3n) is 4.64. The van der Waals surface area contributed by atoms with Crippen LogP contribution in [0.4, 0.5) is 0 Å². The highest BCUT2D eigenvalue weighted by Gasteiger charge is 2.18. The molecule has 3 rings (SSSR count). The number of carbonyl (C=O) groups is 1. The second-order valence-corrected chi connectivity index (χ2v) is 6.52. The highest BCUT2D eigenvalue weighted by molar-refractivity contribution is 5.78. The molecular formula is C20H25N5O3. The Kier molecular flexibility index (Phi) is 6.20. The predicted octanol–water partition coefficient (Wildman–Crippen LogP) is 1.49. The summed E-state index contributed by atoms with van der Waals surface area (Å²) < 4.78 is 8.31. The van der Waals surface area contributed by atoms with Crippen molar-refractivity contribution in [1.82, 2.24) is 24.5 Å². The van der Waals surface area contributed by atoms with Crippen molar-refractivity contribution in [2.75, 3.05) is 19.8 Å². The number of nitrogens with one attached hydrogen (secondary N) is 1. The maximum atomic E-state index is 12.9. The molecule has 0 saturated carbocycles. The summed E-state index contributed by atoms with van der Waals surface area (Å²) in [5, 5.41) is 7.20. The maximum Gasteiger partial charge on any atom is 0.279 e. The Balaban J connectivity index is 1.85. The van der Waals surface area contributed by atoms with E-state index < -0.39 is 0 Å². The molecule has 0 atom stereocenters. The van der Waals surface area contributed by atoms with E-state index in [0.717, 1.165) is 12.0 Å². The number of hydrogen-bond acceptors (Lipinski definition) is 5. The molecule has 1 aromatic carbocycles. The fraction of sp³-hybridized carbons (Fsp3) is 0.400. The fourth-order valence-electron chi connectivity index (χ4n) is 2.97. The van der Waals surface area contributed by atoms with Gasteiger partial charge in [0.2, 0.25) is 11.7 Å². The van der Waals surface area contributed by atoms with Gasteiger partial charge in [-0.25, -0.2) is 0 Å². The molecule has 8 heteroatoms. The van der Waals surface area contributed by atoms with Crippen LogP contribution in [0, 0.1) is 6.92 Å². The number of rotatable bonds is 8. The van der Waals surface area contributed by atoms with Crippen LogP contribution in [0.1, 0.15) is 24.6 Å². The molecule has 1 N–H and O–H groups in total. The molecule has 0 bridgehead atoms. The van der Waals surface area contributed by atoms with Crippen LogP contribution in [0.2, 0.25) is 0 Å². The van der Waals surface area contributed by atoms with Crippen molar-refractivity contribution in [3.8, 4) is 11.4 Å². The number of nitrogens with zero attached hydrogens (tertiary/aromatic N) is 4. The average Bonchev–Trinajstić information content (AvgIpc) is 3.16. The van der Waals surface area contributed by atoms with E-state index in [1.54, 1.807) is 4.57 Å². The van der Waals surface area contributed by atoms with Crippen molar-refractivity contribution in [3.05, 3.63) is 51.9 Å². The first-order chi connectivity index (χ1) is 13.5. The lowest BCUT2D eigenvalue weighted by Gasteiger charge is -2.11. The third kappa shape index (κ3) is 4.12. The Bertz CT molecular complexity index is 1020. The summed E-state index contributed by atoms with van der Waals surface area (Å²) in [5.74, 6) is 0.729. The third-order valence-corrected chi connectivity index (χ3v) is 4.64. The summed E-state index contributed by atoms with van der Waals surface area (Å²) in [4.78, 5) is 29.7. The van der Waals surface area contributed by atoms with Crippen molar-refractivity contribution in [3.63, 3.8) is 0 Å². The van der Waals surface area contributed by atoms with E-state index in [-0.39, 0.29) is 17.9 Å². The molecule has 0 spiro atoms. The number of hydrogen-bond donors (Lipinski definition) is 1. The van der Waals surface area contributed by atoms with Crippen LogP contribution in [-0.2, 0) is 23.0 Å². The maximum absolute atomic E-state index is 12.9. The van der Waals surface area contributed by atoms with Gasteiger partial charge in [-0.15, -0.1) is 5.10 Å². The summed E-state index contributed by atoms with van der Waals surface area (Å²) in [5.41, 5.74) is 1.64. The summed E-state index contributed by atoms with van der Waals surface area (Å²) in [6, 6.07) is 9.48. The van der Waals surface area contributed by atoms with Gasteiger partial charge in [0.25, 0.3) is 5.56 Å². The Labute approximate surface area is 163 Å². The molecule has 28 heavy (non-hydrogen) atoms. The largest absolute Gasteiger partial charge is 0.382 e. The van der Waals surface area contributed by atoms with Gasteiger partial charge in [0, 0.05) is 43.6 Å². The van der Waals surface area contributed by atoms with Crippen molar-refractivity contribution in [2.24, 2.45) is 7.05 Å². The van der Waals surface area contributed by atoms with E-state index in [1.807, 2.05) is 51.2 Å². The molecule has 0 aliphatic heterocycles. The van der Waals surface area contributed by atoms with E-state index >= 15 is 0 Å². The first-order valence-electron chi connectivity index (χ1n) is 9.38. The van der Waals surface area contributed by atoms with Crippen LogP contribution in [0.25, 0.3) is 17.2 Å². The summed E-state index contributed by atoms with van der Waals surface area (Å²) in [7, 11) is 1.82. The van der Waals surface area contributed by atoms with Crippen LogP contribution in [-0.4, -0.2) is 44.8 Å². The van der Waals surface area contributed by atoms with Gasteiger partial charge in [-0.05, 0) is 20.3 Å². The molecule has 0 radical (unpaired) electrons. The van der Waals surface area contributed by atoms with Crippen molar-refractivity contribution >= 4 is 11.7 Å². The Hall–Kier alpha value is -3.00. The SMILES string of the molecule is CCOCCCNC(=O)Cc1c(C)n(C)c2nc(-c3ccccc3)nn2c1=O. The average molecular weight is 383 g/mol. The molecule has 3 aromatic rings. The highest BCUT2D eigenvalue weighted by atomic mass is 16.5. The van der Waals surface area contributed by atoms with Crippen LogP contribution in [0.3, 0.4) is 0 Å². The molecule has 0 unspecified atom stereocenters. The Morgan fingerprint density at radius 2 is 2.00 bits per heavy atom. The minimum atomic E-state index is -0.315. The first kappa shape index (κ1) is 19.8. The second-order valence-electron chi connectivity index (χ2n) is 6.52. The number of aryl methyl sites for hydroxylation is 1. The molecule has 1 amide bonds. The molecule has 2 heterocycles. The lowest BCUT2D eigenvalue weighted by molar-refractivity contribution is -0.120. The van der Waals surface area contributed by atoms with Crippen molar-refractivity contribution < 1.29 is 9.53 Å². The van der Waals surface area contributed by atoms with E-state index in [0.29, 0.717) is 42.6 Å². The van der Waals surface area contributed by atoms with E-state index in [2.05, 4.69) is 15.4 Å². The van der Waals surface area contributed by atoms with E-state index in [4.69, 9.17) is 4.74 Å². The number of carbonyl (C=O) groups excluding carboxylic acids is 1. The van der Waals surface area contributed by atoms with Crippen LogP contribution >= 0.6 is 0 Å². The van der Waals surface area contributed by atoms with E-state index in [9.17, 15) is 9.59 Å². The van der Waals surface area contributed by atoms with Crippen LogP contribution < -0.4 is 10.9 Å². The minimum Gasteiger partial charge on any atom is -0.382 e. The van der Waals surface area contributed by atoms with Gasteiger partial charge in [0.05, 0.1) is 6.42 Å².